The Balaban J connectivity index is 1.79. The molecule has 0 spiro atoms. The zero-order chi connectivity index (χ0) is 17.0. The van der Waals surface area contributed by atoms with Gasteiger partial charge in [-0.1, -0.05) is 12.1 Å². The molecule has 0 bridgehead atoms. The van der Waals surface area contributed by atoms with Gasteiger partial charge >= 0.3 is 6.03 Å². The number of urea groups is 1. The minimum absolute atomic E-state index is 0.0892. The van der Waals surface area contributed by atoms with E-state index in [-0.39, 0.29) is 17.8 Å². The lowest BCUT2D eigenvalue weighted by atomic mass is 10.1. The highest BCUT2D eigenvalue weighted by Crippen LogP contribution is 2.17. The number of likely N-dealkylation sites (tertiary alicyclic amines) is 1. The van der Waals surface area contributed by atoms with Gasteiger partial charge in [-0.15, -0.1) is 0 Å². The molecule has 1 saturated heterocycles. The molecule has 1 fully saturated rings. The van der Waals surface area contributed by atoms with Crippen LogP contribution in [0.5, 0.6) is 0 Å². The van der Waals surface area contributed by atoms with Crippen LogP contribution < -0.4 is 5.32 Å². The van der Waals surface area contributed by atoms with Crippen LogP contribution in [0, 0.1) is 18.7 Å². The number of aryl methyl sites for hydroxylation is 1. The third kappa shape index (κ3) is 4.68. The van der Waals surface area contributed by atoms with Crippen LogP contribution in [0.3, 0.4) is 0 Å². The van der Waals surface area contributed by atoms with Gasteiger partial charge in [0.25, 0.3) is 0 Å². The van der Waals surface area contributed by atoms with Crippen molar-refractivity contribution in [2.24, 2.45) is 5.92 Å². The van der Waals surface area contributed by atoms with Crippen molar-refractivity contribution in [3.63, 3.8) is 0 Å². The van der Waals surface area contributed by atoms with Crippen molar-refractivity contribution in [1.29, 1.82) is 0 Å². The lowest BCUT2D eigenvalue weighted by Gasteiger charge is -2.22. The zero-order valence-electron chi connectivity index (χ0n) is 13.9. The molecule has 5 nitrogen and oxygen atoms in total. The number of halogens is 1. The maximum Gasteiger partial charge on any atom is 0.317 e. The molecule has 0 aromatic heterocycles. The van der Waals surface area contributed by atoms with Crippen molar-refractivity contribution in [2.75, 3.05) is 26.7 Å². The first-order chi connectivity index (χ1) is 10.9. The second-order valence-corrected chi connectivity index (χ2v) is 6.24. The molecule has 1 aliphatic rings. The van der Waals surface area contributed by atoms with Gasteiger partial charge in [-0.2, -0.15) is 0 Å². The van der Waals surface area contributed by atoms with Crippen LogP contribution in [0.1, 0.15) is 24.5 Å². The number of amides is 3. The number of hydrogen-bond donors (Lipinski definition) is 1. The van der Waals surface area contributed by atoms with Crippen LogP contribution in [0.2, 0.25) is 0 Å². The van der Waals surface area contributed by atoms with E-state index in [1.165, 1.54) is 6.07 Å². The standard InChI is InChI=1S/C17H24FN3O2/c1-12-8-14(4-5-16(12)18)9-19-17(23)20(3)10-15-6-7-21(11-15)13(2)22/h4-5,8,15H,6-7,9-11H2,1-3H3,(H,19,23). The van der Waals surface area contributed by atoms with E-state index in [0.717, 1.165) is 18.5 Å². The van der Waals surface area contributed by atoms with Crippen molar-refractivity contribution in [3.05, 3.63) is 35.1 Å². The van der Waals surface area contributed by atoms with Gasteiger partial charge in [0.05, 0.1) is 0 Å². The first-order valence-corrected chi connectivity index (χ1v) is 7.86. The normalized spacial score (nSPS) is 17.2. The monoisotopic (exact) mass is 321 g/mol. The third-order valence-electron chi connectivity index (χ3n) is 4.28. The van der Waals surface area contributed by atoms with Crippen LogP contribution in [0.4, 0.5) is 9.18 Å². The summed E-state index contributed by atoms with van der Waals surface area (Å²) in [5.74, 6) is 0.169. The smallest absolute Gasteiger partial charge is 0.317 e. The molecule has 3 amide bonds. The molecule has 2 rings (SSSR count). The molecule has 1 unspecified atom stereocenters. The van der Waals surface area contributed by atoms with Crippen LogP contribution in [-0.2, 0) is 11.3 Å². The van der Waals surface area contributed by atoms with Gasteiger partial charge in [0.15, 0.2) is 0 Å². The molecule has 0 saturated carbocycles. The van der Waals surface area contributed by atoms with Gasteiger partial charge in [0.2, 0.25) is 5.91 Å². The second kappa shape index (κ2) is 7.44. The van der Waals surface area contributed by atoms with Crippen molar-refractivity contribution < 1.29 is 14.0 Å². The third-order valence-corrected chi connectivity index (χ3v) is 4.28. The predicted octanol–water partition coefficient (Wildman–Crippen LogP) is 2.14. The molecule has 1 atom stereocenters. The highest BCUT2D eigenvalue weighted by molar-refractivity contribution is 5.74. The summed E-state index contributed by atoms with van der Waals surface area (Å²) in [6.45, 7) is 5.75. The van der Waals surface area contributed by atoms with E-state index in [2.05, 4.69) is 5.32 Å². The van der Waals surface area contributed by atoms with Crippen LogP contribution in [0.15, 0.2) is 18.2 Å². The minimum Gasteiger partial charge on any atom is -0.343 e. The van der Waals surface area contributed by atoms with Crippen LogP contribution in [0.25, 0.3) is 0 Å². The van der Waals surface area contributed by atoms with Gasteiger partial charge in [-0.05, 0) is 36.5 Å². The number of hydrogen-bond acceptors (Lipinski definition) is 2. The average molecular weight is 321 g/mol. The van der Waals surface area contributed by atoms with Gasteiger partial charge in [0, 0.05) is 40.2 Å². The fourth-order valence-electron chi connectivity index (χ4n) is 2.87. The number of rotatable bonds is 4. The average Bonchev–Trinajstić information content (AvgIpc) is 2.96. The van der Waals surface area contributed by atoms with Crippen molar-refractivity contribution in [3.8, 4) is 0 Å². The molecule has 1 aliphatic heterocycles. The van der Waals surface area contributed by atoms with E-state index in [0.29, 0.717) is 31.1 Å². The number of nitrogens with one attached hydrogen (secondary N) is 1. The Bertz CT molecular complexity index is 591. The topological polar surface area (TPSA) is 52.7 Å². The predicted molar refractivity (Wildman–Crippen MR) is 86.4 cm³/mol. The largest absolute Gasteiger partial charge is 0.343 e. The molecular weight excluding hydrogens is 297 g/mol. The summed E-state index contributed by atoms with van der Waals surface area (Å²) in [6, 6.07) is 4.66. The lowest BCUT2D eigenvalue weighted by Crippen LogP contribution is -2.40. The lowest BCUT2D eigenvalue weighted by molar-refractivity contribution is -0.127. The molecule has 0 radical (unpaired) electrons. The van der Waals surface area contributed by atoms with Crippen molar-refractivity contribution >= 4 is 11.9 Å². The molecule has 1 N–H and O–H groups in total. The highest BCUT2D eigenvalue weighted by atomic mass is 19.1. The molecule has 0 aliphatic carbocycles. The van der Waals surface area contributed by atoms with Crippen LogP contribution >= 0.6 is 0 Å². The Morgan fingerprint density at radius 3 is 2.78 bits per heavy atom. The molecule has 23 heavy (non-hydrogen) atoms. The van der Waals surface area contributed by atoms with E-state index >= 15 is 0 Å². The first-order valence-electron chi connectivity index (χ1n) is 7.86. The Morgan fingerprint density at radius 1 is 1.43 bits per heavy atom. The quantitative estimate of drug-likeness (QED) is 0.924. The van der Waals surface area contributed by atoms with Crippen LogP contribution in [-0.4, -0.2) is 48.4 Å². The summed E-state index contributed by atoms with van der Waals surface area (Å²) in [5, 5.41) is 2.84. The first kappa shape index (κ1) is 17.2. The molecule has 6 heteroatoms. The summed E-state index contributed by atoms with van der Waals surface area (Å²) >= 11 is 0. The van der Waals surface area contributed by atoms with Crippen molar-refractivity contribution in [1.82, 2.24) is 15.1 Å². The van der Waals surface area contributed by atoms with Gasteiger partial charge in [-0.3, -0.25) is 4.79 Å². The van der Waals surface area contributed by atoms with Gasteiger partial charge in [-0.25, -0.2) is 9.18 Å². The summed E-state index contributed by atoms with van der Waals surface area (Å²) in [5.41, 5.74) is 1.44. The van der Waals surface area contributed by atoms with E-state index in [1.54, 1.807) is 37.9 Å². The van der Waals surface area contributed by atoms with E-state index < -0.39 is 0 Å². The Kier molecular flexibility index (Phi) is 5.58. The summed E-state index contributed by atoms with van der Waals surface area (Å²) < 4.78 is 13.2. The second-order valence-electron chi connectivity index (χ2n) is 6.24. The molecule has 126 valence electrons. The van der Waals surface area contributed by atoms with Crippen molar-refractivity contribution in [2.45, 2.75) is 26.8 Å². The minimum atomic E-state index is -0.242. The molecule has 1 aromatic carbocycles. The van der Waals surface area contributed by atoms with Gasteiger partial charge < -0.3 is 15.1 Å². The Hall–Kier alpha value is -2.11. The maximum atomic E-state index is 13.2. The Morgan fingerprint density at radius 2 is 2.17 bits per heavy atom. The van der Waals surface area contributed by atoms with E-state index in [4.69, 9.17) is 0 Å². The number of carbonyl (C=O) groups is 2. The zero-order valence-corrected chi connectivity index (χ0v) is 13.9. The summed E-state index contributed by atoms with van der Waals surface area (Å²) in [6.07, 6.45) is 0.925. The number of nitrogens with zero attached hydrogens (tertiary/aromatic N) is 2. The summed E-state index contributed by atoms with van der Waals surface area (Å²) in [4.78, 5) is 26.9. The fraction of sp³-hybridized carbons (Fsp3) is 0.529. The fourth-order valence-corrected chi connectivity index (χ4v) is 2.87. The molecule has 1 heterocycles. The Labute approximate surface area is 136 Å². The van der Waals surface area contributed by atoms with Gasteiger partial charge in [0.1, 0.15) is 5.82 Å². The van der Waals surface area contributed by atoms with E-state index in [1.807, 2.05) is 4.90 Å². The highest BCUT2D eigenvalue weighted by Gasteiger charge is 2.26. The SMILES string of the molecule is CC(=O)N1CCC(CN(C)C(=O)NCc2ccc(F)c(C)c2)C1. The molecule has 1 aromatic rings. The molecular formula is C17H24FN3O2. The summed E-state index contributed by atoms with van der Waals surface area (Å²) in [7, 11) is 1.75. The van der Waals surface area contributed by atoms with E-state index in [9.17, 15) is 14.0 Å². The number of carbonyl (C=O) groups excluding carboxylic acids is 2. The number of benzene rings is 1. The maximum absolute atomic E-state index is 13.2.